The van der Waals surface area contributed by atoms with Crippen LogP contribution in [0.1, 0.15) is 24.0 Å². The van der Waals surface area contributed by atoms with Crippen molar-refractivity contribution in [2.24, 2.45) is 5.92 Å². The van der Waals surface area contributed by atoms with Crippen LogP contribution in [-0.2, 0) is 13.0 Å². The van der Waals surface area contributed by atoms with Gasteiger partial charge in [-0.05, 0) is 61.5 Å². The molecule has 1 fully saturated rings. The lowest BCUT2D eigenvalue weighted by Gasteiger charge is -2.32. The predicted octanol–water partition coefficient (Wildman–Crippen LogP) is 4.19. The molecule has 0 amide bonds. The van der Waals surface area contributed by atoms with Crippen LogP contribution in [0.4, 0.5) is 10.1 Å². The van der Waals surface area contributed by atoms with Crippen LogP contribution in [0, 0.1) is 21.8 Å². The molecule has 1 aliphatic rings. The fourth-order valence-corrected chi connectivity index (χ4v) is 3.37. The molecule has 0 atom stereocenters. The number of hydrogen-bond donors (Lipinski definition) is 0. The van der Waals surface area contributed by atoms with Crippen molar-refractivity contribution in [1.29, 1.82) is 0 Å². The molecule has 0 aromatic heterocycles. The van der Waals surface area contributed by atoms with Gasteiger partial charge in [-0.2, -0.15) is 0 Å². The van der Waals surface area contributed by atoms with Crippen LogP contribution in [0.2, 0.25) is 0 Å². The van der Waals surface area contributed by atoms with E-state index in [0.29, 0.717) is 5.92 Å². The van der Waals surface area contributed by atoms with Crippen molar-refractivity contribution < 1.29 is 9.31 Å². The van der Waals surface area contributed by atoms with Gasteiger partial charge in [-0.15, -0.1) is 0 Å². The standard InChI is InChI=1S/C19H21FN2O2/c20-18-5-1-3-16(12-18)11-15-7-9-21(10-8-15)14-17-4-2-6-19(13-17)22(23)24/h1-6,12-13,15H,7-11,14H2. The van der Waals surface area contributed by atoms with Crippen LogP contribution in [-0.4, -0.2) is 22.9 Å². The Morgan fingerprint density at radius 2 is 1.79 bits per heavy atom. The Bertz CT molecular complexity index is 712. The van der Waals surface area contributed by atoms with E-state index in [1.54, 1.807) is 24.3 Å². The molecule has 126 valence electrons. The first-order valence-electron chi connectivity index (χ1n) is 8.30. The van der Waals surface area contributed by atoms with Crippen LogP contribution in [0.15, 0.2) is 48.5 Å². The van der Waals surface area contributed by atoms with E-state index in [9.17, 15) is 14.5 Å². The van der Waals surface area contributed by atoms with Crippen molar-refractivity contribution in [2.45, 2.75) is 25.8 Å². The molecule has 5 heteroatoms. The molecule has 0 bridgehead atoms. The smallest absolute Gasteiger partial charge is 0.269 e. The van der Waals surface area contributed by atoms with Crippen LogP contribution in [0.3, 0.4) is 0 Å². The molecule has 0 N–H and O–H groups in total. The van der Waals surface area contributed by atoms with E-state index in [1.165, 1.54) is 12.1 Å². The molecule has 1 saturated heterocycles. The first-order chi connectivity index (χ1) is 11.6. The largest absolute Gasteiger partial charge is 0.299 e. The lowest BCUT2D eigenvalue weighted by Crippen LogP contribution is -2.33. The van der Waals surface area contributed by atoms with Gasteiger partial charge in [0.1, 0.15) is 5.82 Å². The summed E-state index contributed by atoms with van der Waals surface area (Å²) in [6.45, 7) is 2.69. The molecule has 1 aliphatic heterocycles. The molecule has 0 saturated carbocycles. The molecule has 3 rings (SSSR count). The highest BCUT2D eigenvalue weighted by Crippen LogP contribution is 2.24. The summed E-state index contributed by atoms with van der Waals surface area (Å²) >= 11 is 0. The highest BCUT2D eigenvalue weighted by atomic mass is 19.1. The lowest BCUT2D eigenvalue weighted by molar-refractivity contribution is -0.384. The number of hydrogen-bond acceptors (Lipinski definition) is 3. The van der Waals surface area contributed by atoms with E-state index in [2.05, 4.69) is 4.90 Å². The minimum Gasteiger partial charge on any atom is -0.299 e. The summed E-state index contributed by atoms with van der Waals surface area (Å²) in [6.07, 6.45) is 3.07. The van der Waals surface area contributed by atoms with Crippen molar-refractivity contribution in [3.63, 3.8) is 0 Å². The third-order valence-electron chi connectivity index (χ3n) is 4.65. The van der Waals surface area contributed by atoms with Crippen LogP contribution >= 0.6 is 0 Å². The average molecular weight is 328 g/mol. The number of benzene rings is 2. The second-order valence-corrected chi connectivity index (χ2v) is 6.48. The summed E-state index contributed by atoms with van der Waals surface area (Å²) in [7, 11) is 0. The zero-order valence-electron chi connectivity index (χ0n) is 13.5. The van der Waals surface area contributed by atoms with Crippen LogP contribution in [0.25, 0.3) is 0 Å². The van der Waals surface area contributed by atoms with Gasteiger partial charge in [0.25, 0.3) is 5.69 Å². The zero-order chi connectivity index (χ0) is 16.9. The Morgan fingerprint density at radius 1 is 1.08 bits per heavy atom. The van der Waals surface area contributed by atoms with Crippen molar-refractivity contribution in [1.82, 2.24) is 4.90 Å². The van der Waals surface area contributed by atoms with E-state index < -0.39 is 0 Å². The quantitative estimate of drug-likeness (QED) is 0.611. The SMILES string of the molecule is O=[N+]([O-])c1cccc(CN2CCC(Cc3cccc(F)c3)CC2)c1. The zero-order valence-corrected chi connectivity index (χ0v) is 13.5. The molecule has 2 aromatic carbocycles. The van der Waals surface area contributed by atoms with Gasteiger partial charge in [0, 0.05) is 18.7 Å². The highest BCUT2D eigenvalue weighted by molar-refractivity contribution is 5.34. The number of halogens is 1. The molecular weight excluding hydrogens is 307 g/mol. The molecule has 1 heterocycles. The van der Waals surface area contributed by atoms with Gasteiger partial charge in [-0.1, -0.05) is 24.3 Å². The van der Waals surface area contributed by atoms with E-state index >= 15 is 0 Å². The number of rotatable bonds is 5. The fourth-order valence-electron chi connectivity index (χ4n) is 3.37. The Kier molecular flexibility index (Phi) is 5.20. The predicted molar refractivity (Wildman–Crippen MR) is 91.2 cm³/mol. The molecule has 0 radical (unpaired) electrons. The first-order valence-corrected chi connectivity index (χ1v) is 8.30. The van der Waals surface area contributed by atoms with Crippen molar-refractivity contribution >= 4 is 5.69 Å². The Labute approximate surface area is 141 Å². The minimum atomic E-state index is -0.352. The summed E-state index contributed by atoms with van der Waals surface area (Å²) in [5.74, 6) is 0.406. The Morgan fingerprint density at radius 3 is 2.50 bits per heavy atom. The summed E-state index contributed by atoms with van der Waals surface area (Å²) < 4.78 is 13.3. The summed E-state index contributed by atoms with van der Waals surface area (Å²) in [6, 6.07) is 13.7. The molecule has 24 heavy (non-hydrogen) atoms. The van der Waals surface area contributed by atoms with Gasteiger partial charge in [0.15, 0.2) is 0 Å². The third-order valence-corrected chi connectivity index (χ3v) is 4.65. The van der Waals surface area contributed by atoms with Gasteiger partial charge >= 0.3 is 0 Å². The van der Waals surface area contributed by atoms with Gasteiger partial charge in [-0.25, -0.2) is 4.39 Å². The number of piperidine rings is 1. The normalized spacial score (nSPS) is 16.2. The first kappa shape index (κ1) is 16.6. The van der Waals surface area contributed by atoms with Gasteiger partial charge in [0.2, 0.25) is 0 Å². The second-order valence-electron chi connectivity index (χ2n) is 6.48. The maximum atomic E-state index is 13.3. The van der Waals surface area contributed by atoms with Crippen molar-refractivity contribution in [2.75, 3.05) is 13.1 Å². The monoisotopic (exact) mass is 328 g/mol. The van der Waals surface area contributed by atoms with Crippen molar-refractivity contribution in [3.8, 4) is 0 Å². The Balaban J connectivity index is 1.52. The van der Waals surface area contributed by atoms with Gasteiger partial charge in [0.05, 0.1) is 4.92 Å². The van der Waals surface area contributed by atoms with Crippen molar-refractivity contribution in [3.05, 3.63) is 75.6 Å². The number of likely N-dealkylation sites (tertiary alicyclic amines) is 1. The molecule has 4 nitrogen and oxygen atoms in total. The van der Waals surface area contributed by atoms with Crippen LogP contribution < -0.4 is 0 Å². The summed E-state index contributed by atoms with van der Waals surface area (Å²) in [5.41, 5.74) is 2.19. The lowest BCUT2D eigenvalue weighted by atomic mass is 9.90. The van der Waals surface area contributed by atoms with Gasteiger partial charge < -0.3 is 0 Å². The maximum Gasteiger partial charge on any atom is 0.269 e. The van der Waals surface area contributed by atoms with E-state index in [4.69, 9.17) is 0 Å². The fraction of sp³-hybridized carbons (Fsp3) is 0.368. The van der Waals surface area contributed by atoms with E-state index in [1.807, 2.05) is 12.1 Å². The minimum absolute atomic E-state index is 0.147. The second kappa shape index (κ2) is 7.53. The maximum absolute atomic E-state index is 13.3. The molecule has 0 aliphatic carbocycles. The van der Waals surface area contributed by atoms with Crippen LogP contribution in [0.5, 0.6) is 0 Å². The third kappa shape index (κ3) is 4.38. The summed E-state index contributed by atoms with van der Waals surface area (Å²) in [4.78, 5) is 12.8. The highest BCUT2D eigenvalue weighted by Gasteiger charge is 2.20. The molecule has 0 unspecified atom stereocenters. The molecule has 2 aromatic rings. The van der Waals surface area contributed by atoms with Gasteiger partial charge in [-0.3, -0.25) is 15.0 Å². The van der Waals surface area contributed by atoms with E-state index in [-0.39, 0.29) is 16.4 Å². The van der Waals surface area contributed by atoms with E-state index in [0.717, 1.165) is 50.0 Å². The molecule has 0 spiro atoms. The number of non-ortho nitro benzene ring substituents is 1. The number of nitro groups is 1. The average Bonchev–Trinajstić information content (AvgIpc) is 2.57. The number of nitrogens with zero attached hydrogens (tertiary/aromatic N) is 2. The molecular formula is C19H21FN2O2. The number of nitro benzene ring substituents is 1. The topological polar surface area (TPSA) is 46.4 Å². The Hall–Kier alpha value is -2.27. The summed E-state index contributed by atoms with van der Waals surface area (Å²) in [5, 5.41) is 10.9.